The van der Waals surface area contributed by atoms with E-state index in [2.05, 4.69) is 64.7 Å². The van der Waals surface area contributed by atoms with Gasteiger partial charge < -0.3 is 14.2 Å². The smallest absolute Gasteiger partial charge is 0.205 e. The van der Waals surface area contributed by atoms with Gasteiger partial charge in [-0.2, -0.15) is 0 Å². The van der Waals surface area contributed by atoms with Gasteiger partial charge in [-0.1, -0.05) is 11.8 Å². The molecule has 0 spiro atoms. The Balaban J connectivity index is 4.71. The molecule has 0 saturated carbocycles. The molecule has 0 rings (SSSR count). The normalized spacial score (nSPS) is 13.0. The summed E-state index contributed by atoms with van der Waals surface area (Å²) in [6.07, 6.45) is 0. The van der Waals surface area contributed by atoms with Gasteiger partial charge in [-0.15, -0.1) is 0 Å². The van der Waals surface area contributed by atoms with Gasteiger partial charge in [-0.05, 0) is 69.5 Å². The highest BCUT2D eigenvalue weighted by atomic mass is 32.2. The number of likely N-dealkylation sites (N-methyl/N-ethyl adjacent to an activating group) is 1. The van der Waals surface area contributed by atoms with Gasteiger partial charge in [0, 0.05) is 24.2 Å². The van der Waals surface area contributed by atoms with Crippen LogP contribution in [0.4, 0.5) is 0 Å². The van der Waals surface area contributed by atoms with Gasteiger partial charge in [0.05, 0.1) is 25.7 Å². The van der Waals surface area contributed by atoms with E-state index in [0.717, 1.165) is 0 Å². The predicted octanol–water partition coefficient (Wildman–Crippen LogP) is 4.26. The number of hydrogen-bond acceptors (Lipinski definition) is 7. The first-order valence-electron chi connectivity index (χ1n) is 9.86. The van der Waals surface area contributed by atoms with E-state index in [9.17, 15) is 4.79 Å². The Kier molecular flexibility index (Phi) is 14.4. The molecule has 0 aromatic heterocycles. The van der Waals surface area contributed by atoms with Crippen LogP contribution in [-0.2, 0) is 14.1 Å². The Morgan fingerprint density at radius 3 is 1.67 bits per heavy atom. The maximum absolute atomic E-state index is 11.7. The van der Waals surface area contributed by atoms with Crippen molar-refractivity contribution in [3.63, 3.8) is 0 Å². The van der Waals surface area contributed by atoms with Crippen LogP contribution >= 0.6 is 20.2 Å². The molecule has 162 valence electrons. The van der Waals surface area contributed by atoms with Gasteiger partial charge in [-0.25, -0.2) is 9.34 Å². The average Bonchev–Trinajstić information content (AvgIpc) is 2.48. The van der Waals surface area contributed by atoms with Crippen molar-refractivity contribution < 1.29 is 14.1 Å². The van der Waals surface area contributed by atoms with Gasteiger partial charge in [-0.3, -0.25) is 4.79 Å². The number of thioether (sulfide) groups is 1. The van der Waals surface area contributed by atoms with E-state index >= 15 is 0 Å². The number of hydrogen-bond donors (Lipinski definition) is 0. The molecule has 0 atom stereocenters. The number of nitrogens with zero attached hydrogens (tertiary/aromatic N) is 3. The lowest BCUT2D eigenvalue weighted by Crippen LogP contribution is -2.43. The quantitative estimate of drug-likeness (QED) is 0.235. The fourth-order valence-corrected chi connectivity index (χ4v) is 5.89. The van der Waals surface area contributed by atoms with Crippen molar-refractivity contribution in [2.75, 3.05) is 39.8 Å². The van der Waals surface area contributed by atoms with Crippen LogP contribution < -0.4 is 0 Å². The molecule has 27 heavy (non-hydrogen) atoms. The van der Waals surface area contributed by atoms with Crippen LogP contribution in [0.3, 0.4) is 0 Å². The molecule has 6 nitrogen and oxygen atoms in total. The second kappa shape index (κ2) is 14.3. The monoisotopic (exact) mass is 423 g/mol. The van der Waals surface area contributed by atoms with E-state index < -0.39 is 8.45 Å². The highest BCUT2D eigenvalue weighted by Crippen LogP contribution is 2.50. The van der Waals surface area contributed by atoms with Gasteiger partial charge in [0.2, 0.25) is 5.12 Å². The van der Waals surface area contributed by atoms with E-state index in [0.29, 0.717) is 49.9 Å². The summed E-state index contributed by atoms with van der Waals surface area (Å²) in [5.41, 5.74) is 0. The first kappa shape index (κ1) is 27.2. The van der Waals surface area contributed by atoms with E-state index in [1.165, 1.54) is 11.8 Å². The van der Waals surface area contributed by atoms with E-state index in [-0.39, 0.29) is 5.12 Å². The molecule has 0 aliphatic heterocycles. The first-order chi connectivity index (χ1) is 12.5. The summed E-state index contributed by atoms with van der Waals surface area (Å²) in [4.78, 5) is 13.5. The van der Waals surface area contributed by atoms with Gasteiger partial charge >= 0.3 is 0 Å². The molecular formula is C19H42N3O3PS. The lowest BCUT2D eigenvalue weighted by atomic mass is 10.3. The van der Waals surface area contributed by atoms with Crippen molar-refractivity contribution >= 4 is 25.3 Å². The van der Waals surface area contributed by atoms with Crippen LogP contribution in [0.1, 0.15) is 55.4 Å². The summed E-state index contributed by atoms with van der Waals surface area (Å²) in [7, 11) is 2.89. The Labute approximate surface area is 173 Å². The molecule has 0 bridgehead atoms. The lowest BCUT2D eigenvalue weighted by Gasteiger charge is -2.45. The van der Waals surface area contributed by atoms with Gasteiger partial charge in [0.25, 0.3) is 0 Å². The van der Waals surface area contributed by atoms with Crippen molar-refractivity contribution in [2.45, 2.75) is 79.6 Å². The zero-order chi connectivity index (χ0) is 21.1. The van der Waals surface area contributed by atoms with Crippen molar-refractivity contribution in [1.82, 2.24) is 14.2 Å². The van der Waals surface area contributed by atoms with E-state index in [1.807, 2.05) is 19.0 Å². The summed E-state index contributed by atoms with van der Waals surface area (Å²) in [5, 5.41) is 0.125. The van der Waals surface area contributed by atoms with Gasteiger partial charge in [0.15, 0.2) is 8.45 Å². The summed E-state index contributed by atoms with van der Waals surface area (Å²) in [5.74, 6) is 0.379. The Morgan fingerprint density at radius 2 is 1.30 bits per heavy atom. The van der Waals surface area contributed by atoms with Crippen LogP contribution in [0.5, 0.6) is 0 Å². The molecule has 0 aliphatic rings. The molecule has 0 heterocycles. The molecule has 0 N–H and O–H groups in total. The molecule has 0 aromatic rings. The van der Waals surface area contributed by atoms with Crippen LogP contribution in [0.15, 0.2) is 0 Å². The molecule has 0 amide bonds. The maximum Gasteiger partial charge on any atom is 0.205 e. The van der Waals surface area contributed by atoms with E-state index in [4.69, 9.17) is 9.26 Å². The van der Waals surface area contributed by atoms with Crippen LogP contribution in [-0.4, -0.2) is 83.3 Å². The van der Waals surface area contributed by atoms with Crippen molar-refractivity contribution in [2.24, 2.45) is 0 Å². The molecular weight excluding hydrogens is 381 g/mol. The number of rotatable bonds is 14. The predicted molar refractivity (Wildman–Crippen MR) is 119 cm³/mol. The first-order valence-corrected chi connectivity index (χ1v) is 12.0. The summed E-state index contributed by atoms with van der Waals surface area (Å²) in [6.45, 7) is 19.2. The van der Waals surface area contributed by atoms with Crippen molar-refractivity contribution in [1.29, 1.82) is 0 Å². The minimum atomic E-state index is -0.884. The van der Waals surface area contributed by atoms with Crippen molar-refractivity contribution in [3.8, 4) is 0 Å². The zero-order valence-electron chi connectivity index (χ0n) is 19.1. The second-order valence-corrected chi connectivity index (χ2v) is 10.7. The second-order valence-electron chi connectivity index (χ2n) is 8.00. The largest absolute Gasteiger partial charge is 0.368 e. The molecule has 8 heteroatoms. The average molecular weight is 424 g/mol. The summed E-state index contributed by atoms with van der Waals surface area (Å²) >= 11 is 1.22. The molecule has 0 unspecified atom stereocenters. The lowest BCUT2D eigenvalue weighted by molar-refractivity contribution is -0.111. The van der Waals surface area contributed by atoms with E-state index in [1.54, 1.807) is 0 Å². The summed E-state index contributed by atoms with van der Waals surface area (Å²) < 4.78 is 16.9. The molecule has 0 fully saturated rings. The third-order valence-corrected chi connectivity index (χ3v) is 7.48. The standard InChI is InChI=1S/C19H42N3O3PS/c1-15(2)21(16(3)4)26(22(17(5)6)18(7)8)25-12-11-24-14-27-19(23)13-20(9)10/h15-18H,11-14H2,1-10H3. The van der Waals surface area contributed by atoms with Crippen LogP contribution in [0, 0.1) is 0 Å². The topological polar surface area (TPSA) is 45.3 Å². The third-order valence-electron chi connectivity index (χ3n) is 3.69. The van der Waals surface area contributed by atoms with Gasteiger partial charge in [0.1, 0.15) is 0 Å². The molecule has 0 radical (unpaired) electrons. The Morgan fingerprint density at radius 1 is 0.852 bits per heavy atom. The third kappa shape index (κ3) is 11.1. The molecule has 0 aromatic carbocycles. The minimum absolute atomic E-state index is 0.125. The van der Waals surface area contributed by atoms with Crippen LogP contribution in [0.2, 0.25) is 0 Å². The fraction of sp³-hybridized carbons (Fsp3) is 0.947. The highest BCUT2D eigenvalue weighted by molar-refractivity contribution is 8.13. The fourth-order valence-electron chi connectivity index (χ4n) is 2.88. The Hall–Kier alpha value is 0.250. The summed E-state index contributed by atoms with van der Waals surface area (Å²) in [6, 6.07) is 1.60. The number of carbonyl (C=O) groups is 1. The Bertz CT molecular complexity index is 374. The SMILES string of the molecule is CC(C)N(C(C)C)P(OCCOCSC(=O)CN(C)C)N(C(C)C)C(C)C. The van der Waals surface area contributed by atoms with Crippen molar-refractivity contribution in [3.05, 3.63) is 0 Å². The number of carbonyl (C=O) groups excluding carboxylic acids is 1. The number of ether oxygens (including phenoxy) is 1. The zero-order valence-corrected chi connectivity index (χ0v) is 20.8. The molecule has 0 aliphatic carbocycles. The minimum Gasteiger partial charge on any atom is -0.368 e. The molecule has 0 saturated heterocycles. The highest BCUT2D eigenvalue weighted by Gasteiger charge is 2.34. The van der Waals surface area contributed by atoms with Crippen LogP contribution in [0.25, 0.3) is 0 Å². The maximum atomic E-state index is 11.7.